The van der Waals surface area contributed by atoms with Gasteiger partial charge in [-0.1, -0.05) is 31.5 Å². The van der Waals surface area contributed by atoms with E-state index in [-0.39, 0.29) is 6.61 Å². The van der Waals surface area contributed by atoms with E-state index in [2.05, 4.69) is 11.9 Å². The number of aliphatic hydroxyl groups excluding tert-OH is 1. The standard InChI is InChI=1S/C14H17NO2S/c1-2-6-12-13(9-16)18-14(15-12)10-17-11-7-4-3-5-8-11/h3-5,7-8,16H,2,6,9-10H2,1H3. The smallest absolute Gasteiger partial charge is 0.140 e. The van der Waals surface area contributed by atoms with Gasteiger partial charge in [0.1, 0.15) is 17.4 Å². The van der Waals surface area contributed by atoms with Gasteiger partial charge in [-0.05, 0) is 18.6 Å². The number of ether oxygens (including phenoxy) is 1. The third-order valence-corrected chi connectivity index (χ3v) is 3.61. The Kier molecular flexibility index (Phi) is 4.73. The molecular formula is C14H17NO2S. The van der Waals surface area contributed by atoms with Crippen LogP contribution < -0.4 is 4.74 Å². The van der Waals surface area contributed by atoms with E-state index in [0.29, 0.717) is 6.61 Å². The van der Waals surface area contributed by atoms with Gasteiger partial charge in [-0.2, -0.15) is 0 Å². The van der Waals surface area contributed by atoms with E-state index >= 15 is 0 Å². The summed E-state index contributed by atoms with van der Waals surface area (Å²) in [5.41, 5.74) is 1.01. The number of rotatable bonds is 6. The largest absolute Gasteiger partial charge is 0.486 e. The SMILES string of the molecule is CCCc1nc(COc2ccccc2)sc1CO. The Balaban J connectivity index is 2.01. The molecule has 3 nitrogen and oxygen atoms in total. The van der Waals surface area contributed by atoms with E-state index in [1.54, 1.807) is 0 Å². The second-order valence-corrected chi connectivity index (χ2v) is 5.16. The van der Waals surface area contributed by atoms with Gasteiger partial charge in [0.2, 0.25) is 0 Å². The molecule has 0 saturated heterocycles. The van der Waals surface area contributed by atoms with Crippen molar-refractivity contribution >= 4 is 11.3 Å². The third kappa shape index (κ3) is 3.31. The maximum atomic E-state index is 9.27. The zero-order valence-corrected chi connectivity index (χ0v) is 11.2. The van der Waals surface area contributed by atoms with Crippen LogP contribution in [0.1, 0.15) is 28.9 Å². The van der Waals surface area contributed by atoms with Gasteiger partial charge in [0.25, 0.3) is 0 Å². The Hall–Kier alpha value is -1.39. The van der Waals surface area contributed by atoms with Crippen molar-refractivity contribution in [2.24, 2.45) is 0 Å². The quantitative estimate of drug-likeness (QED) is 0.870. The van der Waals surface area contributed by atoms with Crippen LogP contribution in [0.25, 0.3) is 0 Å². The topological polar surface area (TPSA) is 42.4 Å². The molecule has 2 aromatic rings. The average molecular weight is 263 g/mol. The van der Waals surface area contributed by atoms with Gasteiger partial charge in [-0.25, -0.2) is 4.98 Å². The molecule has 0 unspecified atom stereocenters. The fourth-order valence-corrected chi connectivity index (χ4v) is 2.60. The minimum Gasteiger partial charge on any atom is -0.486 e. The normalized spacial score (nSPS) is 10.6. The molecule has 0 spiro atoms. The van der Waals surface area contributed by atoms with Crippen LogP contribution in [0.5, 0.6) is 5.75 Å². The van der Waals surface area contributed by atoms with Crippen molar-refractivity contribution in [3.05, 3.63) is 45.9 Å². The summed E-state index contributed by atoms with van der Waals surface area (Å²) in [5.74, 6) is 0.843. The molecule has 2 rings (SSSR count). The molecule has 0 bridgehead atoms. The lowest BCUT2D eigenvalue weighted by molar-refractivity contribution is 0.284. The fourth-order valence-electron chi connectivity index (χ4n) is 1.72. The first kappa shape index (κ1) is 13.1. The first-order chi connectivity index (χ1) is 8.83. The Labute approximate surface area is 111 Å². The van der Waals surface area contributed by atoms with Gasteiger partial charge >= 0.3 is 0 Å². The second kappa shape index (κ2) is 6.52. The number of aromatic nitrogens is 1. The molecular weight excluding hydrogens is 246 g/mol. The molecule has 4 heteroatoms. The molecule has 1 N–H and O–H groups in total. The molecule has 1 aromatic carbocycles. The molecule has 1 heterocycles. The zero-order chi connectivity index (χ0) is 12.8. The predicted molar refractivity (Wildman–Crippen MR) is 72.8 cm³/mol. The number of para-hydroxylation sites is 1. The first-order valence-corrected chi connectivity index (χ1v) is 6.91. The number of hydrogen-bond acceptors (Lipinski definition) is 4. The van der Waals surface area contributed by atoms with Crippen LogP contribution >= 0.6 is 11.3 Å². The Morgan fingerprint density at radius 1 is 1.28 bits per heavy atom. The van der Waals surface area contributed by atoms with Gasteiger partial charge in [-0.3, -0.25) is 0 Å². The van der Waals surface area contributed by atoms with Crippen molar-refractivity contribution in [3.8, 4) is 5.75 Å². The van der Waals surface area contributed by atoms with Crippen LogP contribution in [-0.4, -0.2) is 10.1 Å². The van der Waals surface area contributed by atoms with Crippen molar-refractivity contribution < 1.29 is 9.84 Å². The number of nitrogens with zero attached hydrogens (tertiary/aromatic N) is 1. The molecule has 0 aliphatic heterocycles. The molecule has 0 radical (unpaired) electrons. The Morgan fingerprint density at radius 2 is 2.06 bits per heavy atom. The number of benzene rings is 1. The van der Waals surface area contributed by atoms with E-state index in [9.17, 15) is 5.11 Å². The molecule has 0 fully saturated rings. The summed E-state index contributed by atoms with van der Waals surface area (Å²) < 4.78 is 5.65. The lowest BCUT2D eigenvalue weighted by atomic mass is 10.2. The van der Waals surface area contributed by atoms with Crippen LogP contribution in [0, 0.1) is 0 Å². The minimum atomic E-state index is 0.0678. The van der Waals surface area contributed by atoms with Crippen molar-refractivity contribution in [1.82, 2.24) is 4.98 Å². The lowest BCUT2D eigenvalue weighted by Gasteiger charge is -2.02. The molecule has 0 aliphatic rings. The zero-order valence-electron chi connectivity index (χ0n) is 10.4. The van der Waals surface area contributed by atoms with E-state index in [1.807, 2.05) is 30.3 Å². The summed E-state index contributed by atoms with van der Waals surface area (Å²) in [5, 5.41) is 10.2. The van der Waals surface area contributed by atoms with E-state index in [4.69, 9.17) is 4.74 Å². The Bertz CT molecular complexity index is 482. The predicted octanol–water partition coefficient (Wildman–Crippen LogP) is 3.17. The average Bonchev–Trinajstić information content (AvgIpc) is 2.80. The minimum absolute atomic E-state index is 0.0678. The summed E-state index contributed by atoms with van der Waals surface area (Å²) in [6, 6.07) is 9.69. The molecule has 1 aromatic heterocycles. The van der Waals surface area contributed by atoms with Crippen LogP contribution in [0.4, 0.5) is 0 Å². The van der Waals surface area contributed by atoms with Crippen molar-refractivity contribution in [3.63, 3.8) is 0 Å². The molecule has 18 heavy (non-hydrogen) atoms. The first-order valence-electron chi connectivity index (χ1n) is 6.09. The number of thiazole rings is 1. The van der Waals surface area contributed by atoms with Crippen molar-refractivity contribution in [1.29, 1.82) is 0 Å². The summed E-state index contributed by atoms with van der Waals surface area (Å²) in [4.78, 5) is 5.48. The highest BCUT2D eigenvalue weighted by atomic mass is 32.1. The van der Waals surface area contributed by atoms with Gasteiger partial charge < -0.3 is 9.84 Å². The monoisotopic (exact) mass is 263 g/mol. The summed E-state index contributed by atoms with van der Waals surface area (Å²) in [7, 11) is 0. The lowest BCUT2D eigenvalue weighted by Crippen LogP contribution is -1.95. The number of hydrogen-bond donors (Lipinski definition) is 1. The maximum Gasteiger partial charge on any atom is 0.140 e. The number of aryl methyl sites for hydroxylation is 1. The second-order valence-electron chi connectivity index (χ2n) is 3.99. The fraction of sp³-hybridized carbons (Fsp3) is 0.357. The summed E-state index contributed by atoms with van der Waals surface area (Å²) in [6.45, 7) is 2.64. The molecule has 0 aliphatic carbocycles. The van der Waals surface area contributed by atoms with Gasteiger partial charge in [0.05, 0.1) is 17.2 Å². The van der Waals surface area contributed by atoms with Crippen LogP contribution in [0.3, 0.4) is 0 Å². The van der Waals surface area contributed by atoms with Gasteiger partial charge in [0.15, 0.2) is 0 Å². The molecule has 0 amide bonds. The summed E-state index contributed by atoms with van der Waals surface area (Å²) >= 11 is 1.53. The van der Waals surface area contributed by atoms with Crippen LogP contribution in [0.15, 0.2) is 30.3 Å². The van der Waals surface area contributed by atoms with E-state index in [0.717, 1.165) is 34.2 Å². The van der Waals surface area contributed by atoms with Crippen molar-refractivity contribution in [2.75, 3.05) is 0 Å². The highest BCUT2D eigenvalue weighted by Crippen LogP contribution is 2.21. The highest BCUT2D eigenvalue weighted by molar-refractivity contribution is 7.11. The number of aliphatic hydroxyl groups is 1. The van der Waals surface area contributed by atoms with Crippen LogP contribution in [-0.2, 0) is 19.6 Å². The molecule has 0 atom stereocenters. The molecule has 0 saturated carbocycles. The van der Waals surface area contributed by atoms with Crippen LogP contribution in [0.2, 0.25) is 0 Å². The highest BCUT2D eigenvalue weighted by Gasteiger charge is 2.10. The van der Waals surface area contributed by atoms with Crippen molar-refractivity contribution in [2.45, 2.75) is 33.0 Å². The third-order valence-electron chi connectivity index (χ3n) is 2.56. The molecule has 96 valence electrons. The van der Waals surface area contributed by atoms with Gasteiger partial charge in [-0.15, -0.1) is 11.3 Å². The Morgan fingerprint density at radius 3 is 2.72 bits per heavy atom. The van der Waals surface area contributed by atoms with E-state index < -0.39 is 0 Å². The summed E-state index contributed by atoms with van der Waals surface area (Å²) in [6.07, 6.45) is 1.95. The van der Waals surface area contributed by atoms with E-state index in [1.165, 1.54) is 11.3 Å². The maximum absolute atomic E-state index is 9.27. The van der Waals surface area contributed by atoms with Gasteiger partial charge in [0, 0.05) is 0 Å².